The molecule has 0 aliphatic rings. The van der Waals surface area contributed by atoms with Crippen molar-refractivity contribution in [2.24, 2.45) is 0 Å². The van der Waals surface area contributed by atoms with Gasteiger partial charge in [-0.3, -0.25) is 0 Å². The molecule has 0 unspecified atom stereocenters. The molecule has 25 heavy (non-hydrogen) atoms. The Kier molecular flexibility index (Phi) is 5.53. The summed E-state index contributed by atoms with van der Waals surface area (Å²) in [6.07, 6.45) is -0.455. The lowest BCUT2D eigenvalue weighted by molar-refractivity contribution is 0.199. The molecule has 0 fully saturated rings. The molecule has 2 aromatic carbocycles. The van der Waals surface area contributed by atoms with Gasteiger partial charge in [-0.1, -0.05) is 36.4 Å². The first kappa shape index (κ1) is 17.3. The fourth-order valence-corrected chi connectivity index (χ4v) is 2.63. The molecule has 0 radical (unpaired) electrons. The Hall–Kier alpha value is -2.56. The van der Waals surface area contributed by atoms with Crippen LogP contribution in [0.3, 0.4) is 0 Å². The first-order valence-electron chi connectivity index (χ1n) is 8.36. The fraction of sp³-hybridized carbons (Fsp3) is 0.238. The van der Waals surface area contributed by atoms with E-state index in [1.165, 1.54) is 5.56 Å². The van der Waals surface area contributed by atoms with Crippen LogP contribution < -0.4 is 10.1 Å². The lowest BCUT2D eigenvalue weighted by Gasteiger charge is -2.05. The summed E-state index contributed by atoms with van der Waals surface area (Å²) in [5.74, 6) is 2.59. The molecular weight excluding hydrogens is 314 g/mol. The van der Waals surface area contributed by atoms with Gasteiger partial charge >= 0.3 is 0 Å². The molecule has 130 valence electrons. The van der Waals surface area contributed by atoms with Gasteiger partial charge in [0.2, 0.25) is 0 Å². The molecule has 3 aromatic rings. The van der Waals surface area contributed by atoms with Gasteiger partial charge in [-0.05, 0) is 42.3 Å². The van der Waals surface area contributed by atoms with E-state index in [1.807, 2.05) is 60.7 Å². The topological polar surface area (TPSA) is 54.6 Å². The van der Waals surface area contributed by atoms with Gasteiger partial charge in [0.05, 0.1) is 19.8 Å². The van der Waals surface area contributed by atoms with E-state index in [0.29, 0.717) is 6.54 Å². The van der Waals surface area contributed by atoms with Crippen LogP contribution >= 0.6 is 0 Å². The fourth-order valence-electron chi connectivity index (χ4n) is 2.63. The minimum Gasteiger partial charge on any atom is -0.497 e. The number of hydrogen-bond donors (Lipinski definition) is 2. The van der Waals surface area contributed by atoms with Crippen LogP contribution in [0.25, 0.3) is 11.3 Å². The maximum absolute atomic E-state index is 9.57. The van der Waals surface area contributed by atoms with E-state index in [1.54, 1.807) is 14.0 Å². The number of aliphatic hydroxyl groups is 1. The normalized spacial score (nSPS) is 12.1. The van der Waals surface area contributed by atoms with Crippen LogP contribution in [0.1, 0.15) is 29.9 Å². The zero-order chi connectivity index (χ0) is 17.6. The first-order chi connectivity index (χ1) is 12.2. The molecule has 0 saturated heterocycles. The average Bonchev–Trinajstić information content (AvgIpc) is 3.11. The lowest BCUT2D eigenvalue weighted by atomic mass is 10.1. The van der Waals surface area contributed by atoms with Gasteiger partial charge in [0.15, 0.2) is 0 Å². The summed E-state index contributed by atoms with van der Waals surface area (Å²) in [4.78, 5) is 0. The molecule has 0 spiro atoms. The monoisotopic (exact) mass is 337 g/mol. The van der Waals surface area contributed by atoms with Crippen LogP contribution in [0.5, 0.6) is 5.75 Å². The number of benzene rings is 2. The molecule has 0 bridgehead atoms. The summed E-state index contributed by atoms with van der Waals surface area (Å²) in [7, 11) is 1.67. The second-order valence-electron chi connectivity index (χ2n) is 6.02. The van der Waals surface area contributed by atoms with Crippen molar-refractivity contribution >= 4 is 0 Å². The molecule has 1 atom stereocenters. The highest BCUT2D eigenvalue weighted by Gasteiger charge is 2.06. The third-order valence-corrected chi connectivity index (χ3v) is 4.13. The molecule has 4 nitrogen and oxygen atoms in total. The Bertz CT molecular complexity index is 789. The smallest absolute Gasteiger partial charge is 0.134 e. The van der Waals surface area contributed by atoms with Crippen LogP contribution in [0.4, 0.5) is 0 Å². The van der Waals surface area contributed by atoms with E-state index in [0.717, 1.165) is 34.9 Å². The van der Waals surface area contributed by atoms with Crippen LogP contribution in [-0.4, -0.2) is 12.2 Å². The van der Waals surface area contributed by atoms with Crippen molar-refractivity contribution in [2.45, 2.75) is 26.1 Å². The standard InChI is InChI=1S/C21H23NO3/c1-15(23)17-5-7-18(8-6-17)21-12-11-20(25-21)14-22-13-16-3-9-19(24-2)10-4-16/h3-12,15,22-23H,13-14H2,1-2H3/t15-/m1/s1. The van der Waals surface area contributed by atoms with E-state index in [4.69, 9.17) is 9.15 Å². The molecule has 3 rings (SSSR count). The molecule has 1 aromatic heterocycles. The molecule has 0 amide bonds. The molecular formula is C21H23NO3. The van der Waals surface area contributed by atoms with Crippen LogP contribution in [-0.2, 0) is 13.1 Å². The van der Waals surface area contributed by atoms with E-state index in [-0.39, 0.29) is 0 Å². The Morgan fingerprint density at radius 2 is 1.68 bits per heavy atom. The summed E-state index contributed by atoms with van der Waals surface area (Å²) in [5.41, 5.74) is 3.10. The predicted octanol–water partition coefficient (Wildman–Crippen LogP) is 4.30. The number of hydrogen-bond acceptors (Lipinski definition) is 4. The van der Waals surface area contributed by atoms with Crippen molar-refractivity contribution in [3.05, 3.63) is 77.6 Å². The van der Waals surface area contributed by atoms with Gasteiger partial charge in [-0.2, -0.15) is 0 Å². The molecule has 2 N–H and O–H groups in total. The van der Waals surface area contributed by atoms with Gasteiger partial charge in [-0.15, -0.1) is 0 Å². The van der Waals surface area contributed by atoms with Gasteiger partial charge in [0, 0.05) is 12.1 Å². The Morgan fingerprint density at radius 1 is 0.960 bits per heavy atom. The van der Waals surface area contributed by atoms with Gasteiger partial charge in [0.25, 0.3) is 0 Å². The number of aliphatic hydroxyl groups excluding tert-OH is 1. The van der Waals surface area contributed by atoms with E-state index < -0.39 is 6.10 Å². The summed E-state index contributed by atoms with van der Waals surface area (Å²) < 4.78 is 11.1. The molecule has 0 aliphatic carbocycles. The molecule has 0 aliphatic heterocycles. The van der Waals surface area contributed by atoms with Crippen LogP contribution in [0, 0.1) is 0 Å². The molecule has 4 heteroatoms. The predicted molar refractivity (Wildman–Crippen MR) is 98.3 cm³/mol. The second-order valence-corrected chi connectivity index (χ2v) is 6.02. The highest BCUT2D eigenvalue weighted by molar-refractivity contribution is 5.58. The average molecular weight is 337 g/mol. The zero-order valence-electron chi connectivity index (χ0n) is 14.5. The van der Waals surface area contributed by atoms with Crippen molar-refractivity contribution in [2.75, 3.05) is 7.11 Å². The Labute approximate surface area is 148 Å². The first-order valence-corrected chi connectivity index (χ1v) is 8.36. The highest BCUT2D eigenvalue weighted by atomic mass is 16.5. The summed E-state index contributed by atoms with van der Waals surface area (Å²) in [6.45, 7) is 3.19. The molecule has 0 saturated carbocycles. The van der Waals surface area contributed by atoms with Crippen molar-refractivity contribution < 1.29 is 14.3 Å². The largest absolute Gasteiger partial charge is 0.497 e. The molecule has 1 heterocycles. The summed E-state index contributed by atoms with van der Waals surface area (Å²) in [5, 5.41) is 12.9. The van der Waals surface area contributed by atoms with Gasteiger partial charge in [0.1, 0.15) is 17.3 Å². The summed E-state index contributed by atoms with van der Waals surface area (Å²) in [6, 6.07) is 19.7. The van der Waals surface area contributed by atoms with Crippen molar-refractivity contribution in [3.63, 3.8) is 0 Å². The van der Waals surface area contributed by atoms with E-state index >= 15 is 0 Å². The lowest BCUT2D eigenvalue weighted by Crippen LogP contribution is -2.11. The maximum Gasteiger partial charge on any atom is 0.134 e. The zero-order valence-corrected chi connectivity index (χ0v) is 14.5. The van der Waals surface area contributed by atoms with Crippen LogP contribution in [0.15, 0.2) is 65.1 Å². The van der Waals surface area contributed by atoms with Crippen molar-refractivity contribution in [3.8, 4) is 17.1 Å². The number of ether oxygens (including phenoxy) is 1. The quantitative estimate of drug-likeness (QED) is 0.675. The second kappa shape index (κ2) is 8.01. The number of furan rings is 1. The Morgan fingerprint density at radius 3 is 2.32 bits per heavy atom. The van der Waals surface area contributed by atoms with Crippen LogP contribution in [0.2, 0.25) is 0 Å². The summed E-state index contributed by atoms with van der Waals surface area (Å²) >= 11 is 0. The SMILES string of the molecule is COc1ccc(CNCc2ccc(-c3ccc([C@@H](C)O)cc3)o2)cc1. The van der Waals surface area contributed by atoms with E-state index in [2.05, 4.69) is 5.32 Å². The third-order valence-electron chi connectivity index (χ3n) is 4.13. The maximum atomic E-state index is 9.57. The van der Waals surface area contributed by atoms with Crippen molar-refractivity contribution in [1.29, 1.82) is 0 Å². The van der Waals surface area contributed by atoms with Gasteiger partial charge in [-0.25, -0.2) is 0 Å². The Balaban J connectivity index is 1.56. The minimum absolute atomic E-state index is 0.455. The number of rotatable bonds is 7. The third kappa shape index (κ3) is 4.50. The number of nitrogens with one attached hydrogen (secondary N) is 1. The highest BCUT2D eigenvalue weighted by Crippen LogP contribution is 2.24. The van der Waals surface area contributed by atoms with Gasteiger partial charge < -0.3 is 19.6 Å². The number of methoxy groups -OCH3 is 1. The van der Waals surface area contributed by atoms with E-state index in [9.17, 15) is 5.11 Å². The van der Waals surface area contributed by atoms with Crippen molar-refractivity contribution in [1.82, 2.24) is 5.32 Å². The minimum atomic E-state index is -0.455.